The second kappa shape index (κ2) is 10.0. The summed E-state index contributed by atoms with van der Waals surface area (Å²) in [4.78, 5) is 12.4. The first-order chi connectivity index (χ1) is 12.9. The lowest BCUT2D eigenvalue weighted by atomic mass is 10.1. The third kappa shape index (κ3) is 6.62. The van der Waals surface area contributed by atoms with Crippen LogP contribution in [0.5, 0.6) is 0 Å². The van der Waals surface area contributed by atoms with Gasteiger partial charge in [-0.05, 0) is 57.4 Å². The topological polar surface area (TPSA) is 68.2 Å². The zero-order chi connectivity index (χ0) is 19.3. The van der Waals surface area contributed by atoms with E-state index in [1.807, 2.05) is 49.8 Å². The average molecular weight is 407 g/mol. The molecule has 1 aliphatic rings. The first kappa shape index (κ1) is 22.4. The number of ether oxygens (including phenoxy) is 1. The highest BCUT2D eigenvalue weighted by atomic mass is 35.5. The summed E-state index contributed by atoms with van der Waals surface area (Å²) in [5.74, 6) is -0.145. The van der Waals surface area contributed by atoms with Crippen LogP contribution in [0.4, 0.5) is 0 Å². The van der Waals surface area contributed by atoms with Crippen LogP contribution in [0.2, 0.25) is 0 Å². The number of carbonyl (C=O) groups is 1. The summed E-state index contributed by atoms with van der Waals surface area (Å²) >= 11 is 0. The predicted molar refractivity (Wildman–Crippen MR) is 113 cm³/mol. The Morgan fingerprint density at radius 3 is 2.82 bits per heavy atom. The van der Waals surface area contributed by atoms with Crippen LogP contribution in [-0.4, -0.2) is 34.4 Å². The summed E-state index contributed by atoms with van der Waals surface area (Å²) in [6.07, 6.45) is 4.14. The average Bonchev–Trinajstić information content (AvgIpc) is 3.15. The number of nitrogens with zero attached hydrogens (tertiary/aromatic N) is 2. The van der Waals surface area contributed by atoms with E-state index in [0.717, 1.165) is 37.1 Å². The highest BCUT2D eigenvalue weighted by Crippen LogP contribution is 2.16. The smallest absolute Gasteiger partial charge is 0.272 e. The van der Waals surface area contributed by atoms with Crippen LogP contribution in [0, 0.1) is 0 Å². The lowest BCUT2D eigenvalue weighted by Gasteiger charge is -2.22. The maximum atomic E-state index is 12.4. The zero-order valence-electron chi connectivity index (χ0n) is 16.9. The minimum atomic E-state index is -0.170. The van der Waals surface area contributed by atoms with E-state index in [9.17, 15) is 4.79 Å². The van der Waals surface area contributed by atoms with Crippen LogP contribution in [0.3, 0.4) is 0 Å². The molecule has 2 N–H and O–H groups in total. The van der Waals surface area contributed by atoms with E-state index >= 15 is 0 Å². The first-order valence-corrected chi connectivity index (χ1v) is 9.66. The Bertz CT molecular complexity index is 764. The molecule has 0 radical (unpaired) electrons. The molecule has 0 spiro atoms. The number of rotatable bonds is 6. The molecular weight excluding hydrogens is 376 g/mol. The molecule has 0 bridgehead atoms. The van der Waals surface area contributed by atoms with Crippen LogP contribution in [0.1, 0.15) is 61.3 Å². The van der Waals surface area contributed by atoms with Gasteiger partial charge in [0.05, 0.1) is 18.2 Å². The molecule has 1 aromatic heterocycles. The molecule has 0 aliphatic carbocycles. The standard InChI is InChI=1S/C21H30N4O2.ClH/c1-21(2,3)27-15-17-7-4-6-16(12-17)13-23-20(26)19-9-11-25(24-19)18-8-5-10-22-14-18;/h4,6-7,9,11-12,18,22H,5,8,10,13-15H2,1-3H3,(H,23,26);1H. The van der Waals surface area contributed by atoms with E-state index in [0.29, 0.717) is 24.9 Å². The molecule has 1 saturated heterocycles. The molecule has 2 aromatic rings. The summed E-state index contributed by atoms with van der Waals surface area (Å²) in [6.45, 7) is 9.13. The summed E-state index contributed by atoms with van der Waals surface area (Å²) in [6, 6.07) is 10.2. The molecular formula is C21H31ClN4O2. The van der Waals surface area contributed by atoms with Crippen molar-refractivity contribution in [3.63, 3.8) is 0 Å². The fraction of sp³-hybridized carbons (Fsp3) is 0.524. The van der Waals surface area contributed by atoms with Crippen molar-refractivity contribution in [2.75, 3.05) is 13.1 Å². The number of carbonyl (C=O) groups excluding carboxylic acids is 1. The van der Waals surface area contributed by atoms with E-state index in [1.54, 1.807) is 6.07 Å². The second-order valence-corrected chi connectivity index (χ2v) is 8.08. The van der Waals surface area contributed by atoms with Crippen molar-refractivity contribution in [3.05, 3.63) is 53.3 Å². The SMILES string of the molecule is CC(C)(C)OCc1cccc(CNC(=O)c2ccn(C3CCCNC3)n2)c1.Cl. The van der Waals surface area contributed by atoms with Crippen molar-refractivity contribution in [2.24, 2.45) is 0 Å². The van der Waals surface area contributed by atoms with Gasteiger partial charge in [-0.15, -0.1) is 12.4 Å². The number of hydrogen-bond acceptors (Lipinski definition) is 4. The van der Waals surface area contributed by atoms with Gasteiger partial charge in [-0.1, -0.05) is 24.3 Å². The van der Waals surface area contributed by atoms with Gasteiger partial charge in [-0.3, -0.25) is 9.48 Å². The van der Waals surface area contributed by atoms with E-state index in [4.69, 9.17) is 4.74 Å². The van der Waals surface area contributed by atoms with Crippen molar-refractivity contribution in [2.45, 2.75) is 58.4 Å². The van der Waals surface area contributed by atoms with Crippen LogP contribution >= 0.6 is 12.4 Å². The normalized spacial score (nSPS) is 17.0. The van der Waals surface area contributed by atoms with Crippen molar-refractivity contribution in [1.82, 2.24) is 20.4 Å². The molecule has 1 atom stereocenters. The lowest BCUT2D eigenvalue weighted by Crippen LogP contribution is -2.32. The van der Waals surface area contributed by atoms with Gasteiger partial charge < -0.3 is 15.4 Å². The summed E-state index contributed by atoms with van der Waals surface area (Å²) in [5.41, 5.74) is 2.45. The minimum Gasteiger partial charge on any atom is -0.371 e. The van der Waals surface area contributed by atoms with Gasteiger partial charge in [0.1, 0.15) is 5.69 Å². The Hall–Kier alpha value is -1.89. The molecule has 1 fully saturated rings. The number of benzene rings is 1. The van der Waals surface area contributed by atoms with Crippen molar-refractivity contribution < 1.29 is 9.53 Å². The Morgan fingerprint density at radius 2 is 2.11 bits per heavy atom. The molecule has 1 unspecified atom stereocenters. The zero-order valence-corrected chi connectivity index (χ0v) is 17.7. The maximum absolute atomic E-state index is 12.4. The van der Waals surface area contributed by atoms with Gasteiger partial charge in [0.2, 0.25) is 0 Å². The molecule has 1 amide bonds. The highest BCUT2D eigenvalue weighted by molar-refractivity contribution is 5.92. The fourth-order valence-corrected chi connectivity index (χ4v) is 3.12. The largest absolute Gasteiger partial charge is 0.371 e. The van der Waals surface area contributed by atoms with Gasteiger partial charge in [0, 0.05) is 19.3 Å². The molecule has 2 heterocycles. The van der Waals surface area contributed by atoms with Crippen LogP contribution in [0.15, 0.2) is 36.5 Å². The third-order valence-electron chi connectivity index (χ3n) is 4.60. The molecule has 28 heavy (non-hydrogen) atoms. The quantitative estimate of drug-likeness (QED) is 0.770. The van der Waals surface area contributed by atoms with E-state index in [1.165, 1.54) is 0 Å². The molecule has 1 aliphatic heterocycles. The number of hydrogen-bond donors (Lipinski definition) is 2. The molecule has 3 rings (SSSR count). The van der Waals surface area contributed by atoms with Crippen molar-refractivity contribution >= 4 is 18.3 Å². The van der Waals surface area contributed by atoms with Gasteiger partial charge in [-0.2, -0.15) is 5.10 Å². The van der Waals surface area contributed by atoms with Gasteiger partial charge in [0.15, 0.2) is 0 Å². The Labute approximate surface area is 173 Å². The number of halogens is 1. The molecule has 154 valence electrons. The third-order valence-corrected chi connectivity index (χ3v) is 4.60. The van der Waals surface area contributed by atoms with E-state index < -0.39 is 0 Å². The van der Waals surface area contributed by atoms with Gasteiger partial charge in [0.25, 0.3) is 5.91 Å². The van der Waals surface area contributed by atoms with Crippen molar-refractivity contribution in [1.29, 1.82) is 0 Å². The predicted octanol–water partition coefficient (Wildman–Crippen LogP) is 3.47. The van der Waals surface area contributed by atoms with Crippen LogP contribution in [0.25, 0.3) is 0 Å². The summed E-state index contributed by atoms with van der Waals surface area (Å²) in [7, 11) is 0. The Kier molecular flexibility index (Phi) is 8.04. The Morgan fingerprint density at radius 1 is 1.32 bits per heavy atom. The maximum Gasteiger partial charge on any atom is 0.272 e. The number of piperidine rings is 1. The van der Waals surface area contributed by atoms with Crippen LogP contribution < -0.4 is 10.6 Å². The Balaban J connectivity index is 0.00000280. The highest BCUT2D eigenvalue weighted by Gasteiger charge is 2.17. The monoisotopic (exact) mass is 406 g/mol. The molecule has 6 nitrogen and oxygen atoms in total. The summed E-state index contributed by atoms with van der Waals surface area (Å²) in [5, 5.41) is 10.8. The van der Waals surface area contributed by atoms with E-state index in [-0.39, 0.29) is 23.9 Å². The van der Waals surface area contributed by atoms with E-state index in [2.05, 4.69) is 21.8 Å². The number of amides is 1. The molecule has 0 saturated carbocycles. The second-order valence-electron chi connectivity index (χ2n) is 8.08. The van der Waals surface area contributed by atoms with Gasteiger partial charge >= 0.3 is 0 Å². The van der Waals surface area contributed by atoms with Crippen molar-refractivity contribution in [3.8, 4) is 0 Å². The summed E-state index contributed by atoms with van der Waals surface area (Å²) < 4.78 is 7.73. The van der Waals surface area contributed by atoms with Crippen LogP contribution in [-0.2, 0) is 17.9 Å². The molecule has 7 heteroatoms. The number of nitrogens with one attached hydrogen (secondary N) is 2. The fourth-order valence-electron chi connectivity index (χ4n) is 3.12. The first-order valence-electron chi connectivity index (χ1n) is 9.66. The lowest BCUT2D eigenvalue weighted by molar-refractivity contribution is -0.0149. The number of aromatic nitrogens is 2. The minimum absolute atomic E-state index is 0. The van der Waals surface area contributed by atoms with Gasteiger partial charge in [-0.25, -0.2) is 0 Å². The molecule has 1 aromatic carbocycles.